The largest absolute Gasteiger partial charge is 0.491 e. The SMILES string of the molecule is CN=C(SC)c1ccc(OC(C)C)cc1. The Morgan fingerprint density at radius 2 is 1.87 bits per heavy atom. The van der Waals surface area contributed by atoms with Crippen LogP contribution in [0.2, 0.25) is 0 Å². The van der Waals surface area contributed by atoms with Gasteiger partial charge in [0, 0.05) is 12.6 Å². The molecule has 15 heavy (non-hydrogen) atoms. The molecule has 0 atom stereocenters. The van der Waals surface area contributed by atoms with Crippen molar-refractivity contribution < 1.29 is 4.74 Å². The van der Waals surface area contributed by atoms with Crippen molar-refractivity contribution in [2.45, 2.75) is 20.0 Å². The third kappa shape index (κ3) is 3.59. The first-order chi connectivity index (χ1) is 7.17. The van der Waals surface area contributed by atoms with Crippen LogP contribution in [0.25, 0.3) is 0 Å². The fourth-order valence-electron chi connectivity index (χ4n) is 1.29. The lowest BCUT2D eigenvalue weighted by molar-refractivity contribution is 0.242. The molecule has 0 radical (unpaired) electrons. The monoisotopic (exact) mass is 223 g/mol. The summed E-state index contributed by atoms with van der Waals surface area (Å²) in [4.78, 5) is 4.21. The molecule has 82 valence electrons. The van der Waals surface area contributed by atoms with Gasteiger partial charge in [-0.15, -0.1) is 11.8 Å². The van der Waals surface area contributed by atoms with Crippen molar-refractivity contribution in [3.8, 4) is 5.75 Å². The predicted octanol–water partition coefficient (Wildman–Crippen LogP) is 3.21. The summed E-state index contributed by atoms with van der Waals surface area (Å²) < 4.78 is 5.57. The van der Waals surface area contributed by atoms with Gasteiger partial charge >= 0.3 is 0 Å². The summed E-state index contributed by atoms with van der Waals surface area (Å²) in [5, 5.41) is 1.05. The molecule has 1 aromatic carbocycles. The van der Waals surface area contributed by atoms with Crippen molar-refractivity contribution >= 4 is 16.8 Å². The maximum Gasteiger partial charge on any atom is 0.119 e. The number of aliphatic imine (C=N–C) groups is 1. The lowest BCUT2D eigenvalue weighted by Gasteiger charge is -2.10. The van der Waals surface area contributed by atoms with Crippen molar-refractivity contribution in [2.75, 3.05) is 13.3 Å². The van der Waals surface area contributed by atoms with E-state index < -0.39 is 0 Å². The summed E-state index contributed by atoms with van der Waals surface area (Å²) in [7, 11) is 1.81. The van der Waals surface area contributed by atoms with Gasteiger partial charge in [-0.05, 0) is 44.4 Å². The first kappa shape index (κ1) is 12.1. The highest BCUT2D eigenvalue weighted by Crippen LogP contribution is 2.17. The van der Waals surface area contributed by atoms with Gasteiger partial charge in [-0.1, -0.05) is 0 Å². The summed E-state index contributed by atoms with van der Waals surface area (Å²) in [6.07, 6.45) is 2.25. The van der Waals surface area contributed by atoms with Crippen LogP contribution in [0, 0.1) is 0 Å². The molecule has 0 heterocycles. The van der Waals surface area contributed by atoms with E-state index in [0.29, 0.717) is 0 Å². The number of hydrogen-bond acceptors (Lipinski definition) is 3. The van der Waals surface area contributed by atoms with Crippen molar-refractivity contribution in [1.82, 2.24) is 0 Å². The lowest BCUT2D eigenvalue weighted by Crippen LogP contribution is -2.05. The first-order valence-electron chi connectivity index (χ1n) is 4.95. The van der Waals surface area contributed by atoms with Gasteiger partial charge < -0.3 is 4.74 Å². The van der Waals surface area contributed by atoms with Crippen molar-refractivity contribution in [3.05, 3.63) is 29.8 Å². The average Bonchev–Trinajstić information content (AvgIpc) is 2.21. The maximum atomic E-state index is 5.57. The van der Waals surface area contributed by atoms with Crippen molar-refractivity contribution in [3.63, 3.8) is 0 Å². The third-order valence-corrected chi connectivity index (χ3v) is 2.67. The summed E-state index contributed by atoms with van der Waals surface area (Å²) in [5.74, 6) is 0.908. The van der Waals surface area contributed by atoms with Crippen LogP contribution in [0.5, 0.6) is 5.75 Å². The molecule has 0 aliphatic carbocycles. The van der Waals surface area contributed by atoms with Gasteiger partial charge in [-0.25, -0.2) is 0 Å². The first-order valence-corrected chi connectivity index (χ1v) is 6.17. The molecule has 2 nitrogen and oxygen atoms in total. The Bertz CT molecular complexity index is 330. The van der Waals surface area contributed by atoms with E-state index in [2.05, 4.69) is 4.99 Å². The van der Waals surface area contributed by atoms with E-state index in [4.69, 9.17) is 4.74 Å². The second-order valence-electron chi connectivity index (χ2n) is 3.42. The Hall–Kier alpha value is -0.960. The molecule has 0 fully saturated rings. The Kier molecular flexibility index (Phi) is 4.69. The molecule has 0 saturated heterocycles. The van der Waals surface area contributed by atoms with Gasteiger partial charge in [-0.2, -0.15) is 0 Å². The van der Waals surface area contributed by atoms with E-state index in [1.54, 1.807) is 11.8 Å². The number of thioether (sulfide) groups is 1. The molecule has 0 aromatic heterocycles. The van der Waals surface area contributed by atoms with Crippen LogP contribution in [0.15, 0.2) is 29.3 Å². The minimum absolute atomic E-state index is 0.218. The highest BCUT2D eigenvalue weighted by Gasteiger charge is 2.02. The van der Waals surface area contributed by atoms with Gasteiger partial charge in [-0.3, -0.25) is 4.99 Å². The van der Waals surface area contributed by atoms with E-state index in [1.807, 2.05) is 51.4 Å². The van der Waals surface area contributed by atoms with E-state index in [0.717, 1.165) is 16.4 Å². The Labute approximate surface area is 95.8 Å². The van der Waals surface area contributed by atoms with Crippen LogP contribution in [-0.4, -0.2) is 24.5 Å². The topological polar surface area (TPSA) is 21.6 Å². The summed E-state index contributed by atoms with van der Waals surface area (Å²) in [5.41, 5.74) is 1.14. The molecular weight excluding hydrogens is 206 g/mol. The highest BCUT2D eigenvalue weighted by molar-refractivity contribution is 8.13. The Morgan fingerprint density at radius 3 is 2.27 bits per heavy atom. The number of benzene rings is 1. The molecule has 1 rings (SSSR count). The zero-order valence-corrected chi connectivity index (χ0v) is 10.5. The van der Waals surface area contributed by atoms with Crippen LogP contribution in [0.4, 0.5) is 0 Å². The smallest absolute Gasteiger partial charge is 0.119 e. The van der Waals surface area contributed by atoms with E-state index in [9.17, 15) is 0 Å². The summed E-state index contributed by atoms with van der Waals surface area (Å²) in [6.45, 7) is 4.05. The molecule has 0 saturated carbocycles. The fourth-order valence-corrected chi connectivity index (χ4v) is 1.84. The molecular formula is C12H17NOS. The van der Waals surface area contributed by atoms with Gasteiger partial charge in [0.25, 0.3) is 0 Å². The van der Waals surface area contributed by atoms with E-state index >= 15 is 0 Å². The van der Waals surface area contributed by atoms with Gasteiger partial charge in [0.15, 0.2) is 0 Å². The fraction of sp³-hybridized carbons (Fsp3) is 0.417. The molecule has 0 aliphatic rings. The number of ether oxygens (including phenoxy) is 1. The number of nitrogens with zero attached hydrogens (tertiary/aromatic N) is 1. The molecule has 0 N–H and O–H groups in total. The van der Waals surface area contributed by atoms with E-state index in [1.165, 1.54) is 0 Å². The third-order valence-electron chi connectivity index (χ3n) is 1.87. The van der Waals surface area contributed by atoms with Crippen molar-refractivity contribution in [2.24, 2.45) is 4.99 Å². The molecule has 0 spiro atoms. The molecule has 0 amide bonds. The Balaban J connectivity index is 2.80. The number of hydrogen-bond donors (Lipinski definition) is 0. The molecule has 0 unspecified atom stereocenters. The summed E-state index contributed by atoms with van der Waals surface area (Å²) >= 11 is 1.65. The standard InChI is InChI=1S/C12H17NOS/c1-9(2)14-11-7-5-10(6-8-11)12(13-3)15-4/h5-9H,1-4H3. The van der Waals surface area contributed by atoms with E-state index in [-0.39, 0.29) is 6.10 Å². The second-order valence-corrected chi connectivity index (χ2v) is 4.22. The van der Waals surface area contributed by atoms with Gasteiger partial charge in [0.1, 0.15) is 5.75 Å². The molecule has 0 aliphatic heterocycles. The number of rotatable bonds is 3. The highest BCUT2D eigenvalue weighted by atomic mass is 32.2. The van der Waals surface area contributed by atoms with Crippen molar-refractivity contribution in [1.29, 1.82) is 0 Å². The van der Waals surface area contributed by atoms with Gasteiger partial charge in [0.2, 0.25) is 0 Å². The molecule has 3 heteroatoms. The summed E-state index contributed by atoms with van der Waals surface area (Å²) in [6, 6.07) is 8.04. The zero-order chi connectivity index (χ0) is 11.3. The van der Waals surface area contributed by atoms with Crippen LogP contribution < -0.4 is 4.74 Å². The maximum absolute atomic E-state index is 5.57. The quantitative estimate of drug-likeness (QED) is 0.579. The van der Waals surface area contributed by atoms with Crippen LogP contribution >= 0.6 is 11.8 Å². The minimum Gasteiger partial charge on any atom is -0.491 e. The van der Waals surface area contributed by atoms with Crippen LogP contribution in [0.3, 0.4) is 0 Å². The molecule has 1 aromatic rings. The minimum atomic E-state index is 0.218. The second kappa shape index (κ2) is 5.81. The lowest BCUT2D eigenvalue weighted by atomic mass is 10.2. The zero-order valence-electron chi connectivity index (χ0n) is 9.65. The Morgan fingerprint density at radius 1 is 1.27 bits per heavy atom. The average molecular weight is 223 g/mol. The normalized spacial score (nSPS) is 11.9. The van der Waals surface area contributed by atoms with Crippen LogP contribution in [0.1, 0.15) is 19.4 Å². The van der Waals surface area contributed by atoms with Gasteiger partial charge in [0.05, 0.1) is 11.1 Å². The predicted molar refractivity (Wildman–Crippen MR) is 68.2 cm³/mol. The van der Waals surface area contributed by atoms with Crippen LogP contribution in [-0.2, 0) is 0 Å². The molecule has 0 bridgehead atoms.